The highest BCUT2D eigenvalue weighted by Gasteiger charge is 2.23. The maximum atomic E-state index is 11.7. The molecule has 3 nitrogen and oxygen atoms in total. The Kier molecular flexibility index (Phi) is 3.25. The van der Waals surface area contributed by atoms with Gasteiger partial charge < -0.3 is 4.90 Å². The molecule has 0 bridgehead atoms. The van der Waals surface area contributed by atoms with Crippen LogP contribution in [0.1, 0.15) is 23.2 Å². The van der Waals surface area contributed by atoms with Crippen molar-refractivity contribution in [2.24, 2.45) is 0 Å². The smallest absolute Gasteiger partial charge is 0.223 e. The molecule has 84 valence electrons. The van der Waals surface area contributed by atoms with Gasteiger partial charge in [-0.15, -0.1) is 0 Å². The Morgan fingerprint density at radius 3 is 2.31 bits per heavy atom. The second kappa shape index (κ2) is 4.66. The summed E-state index contributed by atoms with van der Waals surface area (Å²) in [4.78, 5) is 24.8. The average molecular weight is 238 g/mol. The number of nitrogens with zero attached hydrogens (tertiary/aromatic N) is 1. The summed E-state index contributed by atoms with van der Waals surface area (Å²) >= 11 is 5.72. The van der Waals surface area contributed by atoms with Crippen LogP contribution in [0.3, 0.4) is 0 Å². The number of carbonyl (C=O) groups is 2. The van der Waals surface area contributed by atoms with Gasteiger partial charge >= 0.3 is 0 Å². The van der Waals surface area contributed by atoms with Gasteiger partial charge in [0.2, 0.25) is 5.91 Å². The SMILES string of the molecule is O=C(CCC(=O)N1CC1)c1ccc(Cl)cc1. The fraction of sp³-hybridized carbons (Fsp3) is 0.333. The largest absolute Gasteiger partial charge is 0.339 e. The lowest BCUT2D eigenvalue weighted by molar-refractivity contribution is -0.125. The van der Waals surface area contributed by atoms with Gasteiger partial charge in [-0.1, -0.05) is 11.6 Å². The molecule has 4 heteroatoms. The number of benzene rings is 1. The molecule has 1 fully saturated rings. The molecule has 0 N–H and O–H groups in total. The number of ketones is 1. The molecule has 0 unspecified atom stereocenters. The molecule has 0 aromatic heterocycles. The summed E-state index contributed by atoms with van der Waals surface area (Å²) in [7, 11) is 0. The molecule has 2 rings (SSSR count). The Hall–Kier alpha value is -1.35. The molecule has 1 heterocycles. The second-order valence-corrected chi connectivity index (χ2v) is 4.25. The summed E-state index contributed by atoms with van der Waals surface area (Å²) in [6.07, 6.45) is 0.582. The third kappa shape index (κ3) is 2.83. The van der Waals surface area contributed by atoms with Crippen LogP contribution >= 0.6 is 11.6 Å². The van der Waals surface area contributed by atoms with E-state index in [4.69, 9.17) is 11.6 Å². The highest BCUT2D eigenvalue weighted by atomic mass is 35.5. The van der Waals surface area contributed by atoms with Crippen LogP contribution in [0.4, 0.5) is 0 Å². The fourth-order valence-corrected chi connectivity index (χ4v) is 1.58. The Balaban J connectivity index is 1.87. The van der Waals surface area contributed by atoms with Crippen molar-refractivity contribution in [1.82, 2.24) is 4.90 Å². The van der Waals surface area contributed by atoms with E-state index >= 15 is 0 Å². The molecule has 0 aliphatic carbocycles. The predicted octanol–water partition coefficient (Wildman–Crippen LogP) is 2.15. The molecule has 1 aromatic carbocycles. The average Bonchev–Trinajstić information content (AvgIpc) is 3.10. The minimum atomic E-state index is -0.00753. The van der Waals surface area contributed by atoms with E-state index in [1.54, 1.807) is 29.2 Å². The molecule has 0 radical (unpaired) electrons. The number of halogens is 1. The predicted molar refractivity (Wildman–Crippen MR) is 61.6 cm³/mol. The fourth-order valence-electron chi connectivity index (χ4n) is 1.46. The molecule has 1 amide bonds. The van der Waals surface area contributed by atoms with Crippen molar-refractivity contribution in [2.75, 3.05) is 13.1 Å². The van der Waals surface area contributed by atoms with Gasteiger partial charge in [-0.25, -0.2) is 0 Å². The van der Waals surface area contributed by atoms with Crippen LogP contribution in [0.15, 0.2) is 24.3 Å². The van der Waals surface area contributed by atoms with E-state index in [2.05, 4.69) is 0 Å². The van der Waals surface area contributed by atoms with Crippen LogP contribution in [0, 0.1) is 0 Å². The molecular weight excluding hydrogens is 226 g/mol. The zero-order chi connectivity index (χ0) is 11.5. The highest BCUT2D eigenvalue weighted by Crippen LogP contribution is 2.13. The summed E-state index contributed by atoms with van der Waals surface area (Å²) in [5, 5.41) is 0.608. The van der Waals surface area contributed by atoms with E-state index in [9.17, 15) is 9.59 Å². The molecule has 16 heavy (non-hydrogen) atoms. The number of rotatable bonds is 4. The molecule has 1 aromatic rings. The lowest BCUT2D eigenvalue weighted by Gasteiger charge is -2.02. The van der Waals surface area contributed by atoms with E-state index in [0.717, 1.165) is 13.1 Å². The second-order valence-electron chi connectivity index (χ2n) is 3.81. The van der Waals surface area contributed by atoms with Crippen molar-refractivity contribution in [1.29, 1.82) is 0 Å². The molecule has 0 spiro atoms. The first kappa shape index (κ1) is 11.1. The van der Waals surface area contributed by atoms with Gasteiger partial charge in [0.05, 0.1) is 0 Å². The van der Waals surface area contributed by atoms with E-state index in [1.807, 2.05) is 0 Å². The third-order valence-electron chi connectivity index (χ3n) is 2.53. The minimum absolute atomic E-state index is 0.00753. The number of hydrogen-bond donors (Lipinski definition) is 0. The molecular formula is C12H12ClNO2. The first-order chi connectivity index (χ1) is 7.66. The summed E-state index contributed by atoms with van der Waals surface area (Å²) in [5.41, 5.74) is 0.614. The van der Waals surface area contributed by atoms with Gasteiger partial charge in [0.1, 0.15) is 0 Å². The van der Waals surface area contributed by atoms with Gasteiger partial charge in [-0.2, -0.15) is 0 Å². The standard InChI is InChI=1S/C12H12ClNO2/c13-10-3-1-9(2-4-10)11(15)5-6-12(16)14-7-8-14/h1-4H,5-8H2. The van der Waals surface area contributed by atoms with Crippen molar-refractivity contribution in [3.8, 4) is 0 Å². The lowest BCUT2D eigenvalue weighted by atomic mass is 10.1. The topological polar surface area (TPSA) is 37.1 Å². The zero-order valence-corrected chi connectivity index (χ0v) is 9.54. The van der Waals surface area contributed by atoms with Crippen molar-refractivity contribution in [2.45, 2.75) is 12.8 Å². The van der Waals surface area contributed by atoms with E-state index in [1.165, 1.54) is 0 Å². The normalized spacial score (nSPS) is 13.7. The van der Waals surface area contributed by atoms with E-state index in [-0.39, 0.29) is 18.1 Å². The first-order valence-corrected chi connectivity index (χ1v) is 5.61. The Morgan fingerprint density at radius 2 is 1.75 bits per heavy atom. The van der Waals surface area contributed by atoms with Crippen LogP contribution in [-0.4, -0.2) is 29.7 Å². The summed E-state index contributed by atoms with van der Waals surface area (Å²) in [6, 6.07) is 6.74. The number of hydrogen-bond acceptors (Lipinski definition) is 2. The van der Waals surface area contributed by atoms with Crippen LogP contribution in [0.25, 0.3) is 0 Å². The summed E-state index contributed by atoms with van der Waals surface area (Å²) in [6.45, 7) is 1.68. The molecule has 1 aliphatic rings. The zero-order valence-electron chi connectivity index (χ0n) is 8.78. The third-order valence-corrected chi connectivity index (χ3v) is 2.78. The van der Waals surface area contributed by atoms with Gasteiger partial charge in [0.25, 0.3) is 0 Å². The molecule has 1 aliphatic heterocycles. The van der Waals surface area contributed by atoms with Gasteiger partial charge in [0.15, 0.2) is 5.78 Å². The maximum Gasteiger partial charge on any atom is 0.223 e. The molecule has 1 saturated heterocycles. The Labute approximate surface area is 99.0 Å². The van der Waals surface area contributed by atoms with E-state index < -0.39 is 0 Å². The maximum absolute atomic E-state index is 11.7. The van der Waals surface area contributed by atoms with Gasteiger partial charge in [-0.3, -0.25) is 9.59 Å². The van der Waals surface area contributed by atoms with Crippen molar-refractivity contribution in [3.63, 3.8) is 0 Å². The van der Waals surface area contributed by atoms with Crippen molar-refractivity contribution < 1.29 is 9.59 Å². The quantitative estimate of drug-likeness (QED) is 0.594. The Morgan fingerprint density at radius 1 is 1.12 bits per heavy atom. The monoisotopic (exact) mass is 237 g/mol. The van der Waals surface area contributed by atoms with Gasteiger partial charge in [0, 0.05) is 36.5 Å². The summed E-state index contributed by atoms with van der Waals surface area (Å²) in [5.74, 6) is 0.0641. The molecule has 0 saturated carbocycles. The van der Waals surface area contributed by atoms with E-state index in [0.29, 0.717) is 17.0 Å². The van der Waals surface area contributed by atoms with Crippen LogP contribution < -0.4 is 0 Å². The number of Topliss-reactive ketones (excluding diaryl/α,β-unsaturated/α-hetero) is 1. The van der Waals surface area contributed by atoms with Gasteiger partial charge in [-0.05, 0) is 24.3 Å². The van der Waals surface area contributed by atoms with Crippen LogP contribution in [0.5, 0.6) is 0 Å². The van der Waals surface area contributed by atoms with Crippen molar-refractivity contribution >= 4 is 23.3 Å². The Bertz CT molecular complexity index is 410. The summed E-state index contributed by atoms with van der Waals surface area (Å²) < 4.78 is 0. The number of amides is 1. The van der Waals surface area contributed by atoms with Crippen LogP contribution in [-0.2, 0) is 4.79 Å². The highest BCUT2D eigenvalue weighted by molar-refractivity contribution is 6.30. The number of carbonyl (C=O) groups excluding carboxylic acids is 2. The first-order valence-electron chi connectivity index (χ1n) is 5.23. The van der Waals surface area contributed by atoms with Crippen LogP contribution in [0.2, 0.25) is 5.02 Å². The molecule has 0 atom stereocenters. The lowest BCUT2D eigenvalue weighted by Crippen LogP contribution is -2.12. The van der Waals surface area contributed by atoms with Crippen molar-refractivity contribution in [3.05, 3.63) is 34.9 Å². The minimum Gasteiger partial charge on any atom is -0.339 e.